The highest BCUT2D eigenvalue weighted by Gasteiger charge is 2.33. The molecule has 1 aliphatic carbocycles. The van der Waals surface area contributed by atoms with E-state index in [1.165, 1.54) is 33.1 Å². The van der Waals surface area contributed by atoms with Crippen molar-refractivity contribution >= 4 is 27.5 Å². The van der Waals surface area contributed by atoms with Crippen LogP contribution in [0.5, 0.6) is 0 Å². The van der Waals surface area contributed by atoms with Crippen LogP contribution in [0.3, 0.4) is 0 Å². The maximum Gasteiger partial charge on any atom is 0.0722 e. The number of aromatic nitrogens is 2. The van der Waals surface area contributed by atoms with Gasteiger partial charge >= 0.3 is 0 Å². The monoisotopic (exact) mass is 320 g/mol. The molecule has 0 atom stereocenters. The summed E-state index contributed by atoms with van der Waals surface area (Å²) < 4.78 is 0. The van der Waals surface area contributed by atoms with E-state index in [1.807, 2.05) is 19.1 Å². The van der Waals surface area contributed by atoms with Gasteiger partial charge in [-0.05, 0) is 31.2 Å². The number of aryl methyl sites for hydroxylation is 1. The molecule has 0 bridgehead atoms. The van der Waals surface area contributed by atoms with Crippen LogP contribution >= 0.6 is 0 Å². The van der Waals surface area contributed by atoms with Gasteiger partial charge in [-0.2, -0.15) is 5.10 Å². The van der Waals surface area contributed by atoms with Crippen LogP contribution in [-0.2, 0) is 6.42 Å². The Morgan fingerprint density at radius 1 is 1.17 bits per heavy atom. The molecule has 4 nitrogen and oxygen atoms in total. The van der Waals surface area contributed by atoms with Gasteiger partial charge in [0.05, 0.1) is 16.9 Å². The maximum atomic E-state index is 5.00. The van der Waals surface area contributed by atoms with Gasteiger partial charge in [0.25, 0.3) is 0 Å². The number of pyridine rings is 1. The van der Waals surface area contributed by atoms with Crippen molar-refractivity contribution in [3.05, 3.63) is 41.2 Å². The molecule has 0 unspecified atom stereocenters. The fourth-order valence-electron chi connectivity index (χ4n) is 3.99. The normalized spacial score (nSPS) is 18.3. The zero-order valence-corrected chi connectivity index (χ0v) is 15.1. The number of aromatic amines is 1. The number of para-hydroxylation sites is 1. The number of H-pyrrole nitrogens is 1. The molecule has 0 spiro atoms. The second-order valence-corrected chi connectivity index (χ2v) is 7.85. The Morgan fingerprint density at radius 3 is 2.67 bits per heavy atom. The second-order valence-electron chi connectivity index (χ2n) is 7.85. The van der Waals surface area contributed by atoms with Crippen LogP contribution in [0.15, 0.2) is 29.4 Å². The Hall–Kier alpha value is -2.36. The minimum Gasteiger partial charge on any atom is -0.354 e. The minimum atomic E-state index is 0.182. The molecule has 2 aromatic heterocycles. The number of hydrazone groups is 1. The molecule has 2 heterocycles. The van der Waals surface area contributed by atoms with Gasteiger partial charge in [-0.15, -0.1) is 0 Å². The lowest BCUT2D eigenvalue weighted by molar-refractivity contribution is 0.359. The molecule has 124 valence electrons. The molecule has 0 aliphatic heterocycles. The first kappa shape index (κ1) is 15.2. The van der Waals surface area contributed by atoms with Crippen molar-refractivity contribution in [1.82, 2.24) is 15.0 Å². The zero-order chi connectivity index (χ0) is 17.1. The third-order valence-electron chi connectivity index (χ3n) is 4.81. The lowest BCUT2D eigenvalue weighted by Gasteiger charge is -2.32. The first-order valence-corrected chi connectivity index (χ1v) is 8.51. The standard InChI is InChI=1S/C20H24N4/c1-12-17-13-8-6-7-9-14(13)22-19(17)18-15(21-12)10-20(2,3)11-16(18)23-24(4)5/h6-9,22H,10-11H2,1-5H3. The Labute approximate surface area is 142 Å². The van der Waals surface area contributed by atoms with Crippen LogP contribution in [0.4, 0.5) is 0 Å². The van der Waals surface area contributed by atoms with Gasteiger partial charge in [-0.25, -0.2) is 0 Å². The highest BCUT2D eigenvalue weighted by Crippen LogP contribution is 2.39. The number of benzene rings is 1. The van der Waals surface area contributed by atoms with Gasteiger partial charge in [0.15, 0.2) is 0 Å². The SMILES string of the molecule is Cc1nc2c(c3[nH]c4ccccc4c13)C(=NN(C)C)CC(C)(C)C2. The molecule has 0 saturated carbocycles. The van der Waals surface area contributed by atoms with Gasteiger partial charge in [0.2, 0.25) is 0 Å². The van der Waals surface area contributed by atoms with E-state index in [0.29, 0.717) is 0 Å². The van der Waals surface area contributed by atoms with Gasteiger partial charge in [-0.1, -0.05) is 32.0 Å². The lowest BCUT2D eigenvalue weighted by Crippen LogP contribution is -2.30. The number of rotatable bonds is 1. The summed E-state index contributed by atoms with van der Waals surface area (Å²) >= 11 is 0. The topological polar surface area (TPSA) is 44.3 Å². The number of fused-ring (bicyclic) bond motifs is 5. The van der Waals surface area contributed by atoms with Crippen molar-refractivity contribution in [2.45, 2.75) is 33.6 Å². The summed E-state index contributed by atoms with van der Waals surface area (Å²) in [6, 6.07) is 8.47. The van der Waals surface area contributed by atoms with E-state index in [0.717, 1.165) is 24.2 Å². The molecule has 4 rings (SSSR count). The Kier molecular flexibility index (Phi) is 3.21. The highest BCUT2D eigenvalue weighted by atomic mass is 15.4. The first-order chi connectivity index (χ1) is 11.4. The van der Waals surface area contributed by atoms with Crippen LogP contribution in [0.2, 0.25) is 0 Å². The molecule has 3 aromatic rings. The van der Waals surface area contributed by atoms with E-state index in [4.69, 9.17) is 10.1 Å². The van der Waals surface area contributed by atoms with Crippen molar-refractivity contribution in [2.75, 3.05) is 14.1 Å². The minimum absolute atomic E-state index is 0.182. The highest BCUT2D eigenvalue weighted by molar-refractivity contribution is 6.18. The van der Waals surface area contributed by atoms with Crippen molar-refractivity contribution < 1.29 is 0 Å². The quantitative estimate of drug-likeness (QED) is 0.681. The summed E-state index contributed by atoms with van der Waals surface area (Å²) in [4.78, 5) is 8.64. The van der Waals surface area contributed by atoms with E-state index < -0.39 is 0 Å². The molecule has 0 saturated heterocycles. The molecule has 0 radical (unpaired) electrons. The summed E-state index contributed by atoms with van der Waals surface area (Å²) in [6.45, 7) is 6.72. The molecule has 0 amide bonds. The Balaban J connectivity index is 2.12. The van der Waals surface area contributed by atoms with Crippen molar-refractivity contribution in [1.29, 1.82) is 0 Å². The first-order valence-electron chi connectivity index (χ1n) is 8.51. The summed E-state index contributed by atoms with van der Waals surface area (Å²) in [5.74, 6) is 0. The van der Waals surface area contributed by atoms with Gasteiger partial charge < -0.3 is 9.99 Å². The van der Waals surface area contributed by atoms with Crippen LogP contribution in [0.1, 0.15) is 37.2 Å². The largest absolute Gasteiger partial charge is 0.354 e. The molecule has 4 heteroatoms. The summed E-state index contributed by atoms with van der Waals surface area (Å²) in [5.41, 5.74) is 7.15. The van der Waals surface area contributed by atoms with Gasteiger partial charge in [-0.3, -0.25) is 4.98 Å². The molecule has 1 aromatic carbocycles. The van der Waals surface area contributed by atoms with E-state index >= 15 is 0 Å². The van der Waals surface area contributed by atoms with Gasteiger partial charge in [0.1, 0.15) is 0 Å². The average molecular weight is 320 g/mol. The fraction of sp³-hybridized carbons (Fsp3) is 0.400. The molecule has 0 fully saturated rings. The molecular weight excluding hydrogens is 296 g/mol. The number of nitrogens with one attached hydrogen (secondary N) is 1. The van der Waals surface area contributed by atoms with E-state index in [1.54, 1.807) is 0 Å². The van der Waals surface area contributed by atoms with Crippen LogP contribution in [-0.4, -0.2) is 34.8 Å². The Morgan fingerprint density at radius 2 is 1.92 bits per heavy atom. The Bertz CT molecular complexity index is 976. The second kappa shape index (κ2) is 5.07. The number of hydrogen-bond donors (Lipinski definition) is 1. The maximum absolute atomic E-state index is 5.00. The van der Waals surface area contributed by atoms with Crippen LogP contribution in [0.25, 0.3) is 21.8 Å². The average Bonchev–Trinajstić information content (AvgIpc) is 2.84. The number of nitrogens with zero attached hydrogens (tertiary/aromatic N) is 3. The van der Waals surface area contributed by atoms with Crippen molar-refractivity contribution in [2.24, 2.45) is 10.5 Å². The summed E-state index contributed by atoms with van der Waals surface area (Å²) in [5, 5.41) is 9.19. The fourth-order valence-corrected chi connectivity index (χ4v) is 3.99. The smallest absolute Gasteiger partial charge is 0.0722 e. The van der Waals surface area contributed by atoms with Crippen LogP contribution < -0.4 is 0 Å². The van der Waals surface area contributed by atoms with Crippen molar-refractivity contribution in [3.8, 4) is 0 Å². The predicted octanol–water partition coefficient (Wildman–Crippen LogP) is 4.26. The van der Waals surface area contributed by atoms with Crippen molar-refractivity contribution in [3.63, 3.8) is 0 Å². The summed E-state index contributed by atoms with van der Waals surface area (Å²) in [7, 11) is 3.97. The zero-order valence-electron chi connectivity index (χ0n) is 15.1. The molecule has 1 aliphatic rings. The van der Waals surface area contributed by atoms with Crippen LogP contribution in [0, 0.1) is 12.3 Å². The molecule has 1 N–H and O–H groups in total. The molecule has 24 heavy (non-hydrogen) atoms. The molecular formula is C20H24N4. The third kappa shape index (κ3) is 2.29. The van der Waals surface area contributed by atoms with E-state index in [9.17, 15) is 0 Å². The van der Waals surface area contributed by atoms with E-state index in [-0.39, 0.29) is 5.41 Å². The van der Waals surface area contributed by atoms with E-state index in [2.05, 4.69) is 50.0 Å². The summed E-state index contributed by atoms with van der Waals surface area (Å²) in [6.07, 6.45) is 1.95. The third-order valence-corrected chi connectivity index (χ3v) is 4.81. The number of hydrogen-bond acceptors (Lipinski definition) is 3. The van der Waals surface area contributed by atoms with Gasteiger partial charge in [0, 0.05) is 41.6 Å². The lowest BCUT2D eigenvalue weighted by atomic mass is 9.74. The predicted molar refractivity (Wildman–Crippen MR) is 101 cm³/mol.